The Hall–Kier alpha value is -2.87. The Kier molecular flexibility index (Phi) is 3.33. The average Bonchev–Trinajstić information content (AvgIpc) is 3.07. The van der Waals surface area contributed by atoms with Crippen LogP contribution in [0.2, 0.25) is 5.02 Å². The third kappa shape index (κ3) is 2.21. The molecule has 4 rings (SSSR count). The summed E-state index contributed by atoms with van der Waals surface area (Å²) in [4.78, 5) is 29.7. The highest BCUT2D eigenvalue weighted by molar-refractivity contribution is 6.31. The molecule has 1 aromatic carbocycles. The Morgan fingerprint density at radius 1 is 1.32 bits per heavy atom. The molecule has 0 saturated carbocycles. The molecule has 0 spiro atoms. The van der Waals surface area contributed by atoms with Crippen molar-refractivity contribution in [2.24, 2.45) is 7.05 Å². The molecule has 0 radical (unpaired) electrons. The molecule has 0 fully saturated rings. The van der Waals surface area contributed by atoms with Gasteiger partial charge in [0.15, 0.2) is 11.2 Å². The lowest BCUT2D eigenvalue weighted by Gasteiger charge is -2.10. The van der Waals surface area contributed by atoms with Gasteiger partial charge >= 0.3 is 11.5 Å². The Morgan fingerprint density at radius 2 is 2.08 bits per heavy atom. The first-order chi connectivity index (χ1) is 11.9. The third-order valence-electron chi connectivity index (χ3n) is 4.08. The van der Waals surface area contributed by atoms with Crippen LogP contribution in [-0.4, -0.2) is 18.5 Å². The van der Waals surface area contributed by atoms with Crippen LogP contribution in [0, 0.1) is 12.7 Å². The van der Waals surface area contributed by atoms with E-state index in [0.717, 1.165) is 4.57 Å². The fourth-order valence-electron chi connectivity index (χ4n) is 2.84. The van der Waals surface area contributed by atoms with Gasteiger partial charge in [0.1, 0.15) is 11.6 Å². The number of hydrogen-bond acceptors (Lipinski definition) is 4. The number of imidazole rings is 1. The first-order valence-electron chi connectivity index (χ1n) is 7.39. The van der Waals surface area contributed by atoms with Crippen LogP contribution in [0.25, 0.3) is 17.0 Å². The van der Waals surface area contributed by atoms with Crippen LogP contribution in [0.5, 0.6) is 0 Å². The quantitative estimate of drug-likeness (QED) is 0.547. The zero-order valence-corrected chi connectivity index (χ0v) is 14.0. The Morgan fingerprint density at radius 3 is 2.80 bits per heavy atom. The maximum Gasteiger partial charge on any atom is 0.332 e. The van der Waals surface area contributed by atoms with Gasteiger partial charge in [0, 0.05) is 17.6 Å². The summed E-state index contributed by atoms with van der Waals surface area (Å²) in [6.45, 7) is 1.44. The number of halogens is 2. The summed E-state index contributed by atoms with van der Waals surface area (Å²) >= 11 is 6.02. The van der Waals surface area contributed by atoms with Gasteiger partial charge in [-0.1, -0.05) is 17.7 Å². The van der Waals surface area contributed by atoms with Gasteiger partial charge in [0.2, 0.25) is 0 Å². The van der Waals surface area contributed by atoms with Gasteiger partial charge in [-0.2, -0.15) is 4.98 Å². The van der Waals surface area contributed by atoms with Gasteiger partial charge in [0.25, 0.3) is 5.56 Å². The monoisotopic (exact) mass is 362 g/mol. The standard InChI is InChI=1S/C16H12ClFN4O3/c1-8-6-21-12-13(19-15(21)25-8)20(2)16(24)22(14(12)23)7-9-10(17)4-3-5-11(9)18/h3-6H,7H2,1-2H3. The number of aryl methyl sites for hydroxylation is 2. The van der Waals surface area contributed by atoms with Crippen molar-refractivity contribution in [2.75, 3.05) is 0 Å². The summed E-state index contributed by atoms with van der Waals surface area (Å²) in [5.41, 5.74) is -0.752. The van der Waals surface area contributed by atoms with Crippen molar-refractivity contribution in [3.8, 4) is 0 Å². The van der Waals surface area contributed by atoms with Crippen LogP contribution in [0.4, 0.5) is 4.39 Å². The second-order valence-electron chi connectivity index (χ2n) is 5.71. The number of oxazole rings is 1. The zero-order valence-electron chi connectivity index (χ0n) is 13.3. The average molecular weight is 363 g/mol. The van der Waals surface area contributed by atoms with Crippen molar-refractivity contribution in [3.05, 3.63) is 67.4 Å². The molecule has 0 bridgehead atoms. The molecule has 7 nitrogen and oxygen atoms in total. The van der Waals surface area contributed by atoms with Crippen LogP contribution in [0.15, 0.2) is 38.4 Å². The maximum atomic E-state index is 14.1. The molecule has 25 heavy (non-hydrogen) atoms. The lowest BCUT2D eigenvalue weighted by atomic mass is 10.2. The molecular weight excluding hydrogens is 351 g/mol. The number of benzene rings is 1. The van der Waals surface area contributed by atoms with Gasteiger partial charge in [0.05, 0.1) is 12.7 Å². The largest absolute Gasteiger partial charge is 0.428 e. The highest BCUT2D eigenvalue weighted by atomic mass is 35.5. The predicted octanol–water partition coefficient (Wildman–Crippen LogP) is 2.09. The SMILES string of the molecule is Cc1cn2c(nc3c2c(=O)n(Cc2c(F)cccc2Cl)c(=O)n3C)o1. The lowest BCUT2D eigenvalue weighted by molar-refractivity contribution is 0.563. The highest BCUT2D eigenvalue weighted by Gasteiger charge is 2.20. The van der Waals surface area contributed by atoms with E-state index in [-0.39, 0.29) is 34.1 Å². The molecular formula is C16H12ClFN4O3. The molecule has 0 atom stereocenters. The molecule has 4 aromatic rings. The zero-order chi connectivity index (χ0) is 17.9. The molecule has 128 valence electrons. The molecule has 3 heterocycles. The van der Waals surface area contributed by atoms with Crippen LogP contribution in [0.3, 0.4) is 0 Å². The molecule has 0 unspecified atom stereocenters. The first-order valence-corrected chi connectivity index (χ1v) is 7.77. The van der Waals surface area contributed by atoms with Crippen molar-refractivity contribution >= 4 is 28.6 Å². The minimum atomic E-state index is -0.616. The lowest BCUT2D eigenvalue weighted by Crippen LogP contribution is -2.39. The summed E-state index contributed by atoms with van der Waals surface area (Å²) in [5, 5.41) is 0.145. The third-order valence-corrected chi connectivity index (χ3v) is 4.44. The molecule has 0 aliphatic rings. The van der Waals surface area contributed by atoms with Gasteiger partial charge in [-0.15, -0.1) is 0 Å². The molecule has 3 aromatic heterocycles. The molecule has 0 N–H and O–H groups in total. The van der Waals surface area contributed by atoms with E-state index in [1.54, 1.807) is 13.1 Å². The van der Waals surface area contributed by atoms with Crippen LogP contribution in [0.1, 0.15) is 11.3 Å². The van der Waals surface area contributed by atoms with Gasteiger partial charge < -0.3 is 4.42 Å². The van der Waals surface area contributed by atoms with E-state index >= 15 is 0 Å². The van der Waals surface area contributed by atoms with Gasteiger partial charge in [-0.3, -0.25) is 18.3 Å². The Labute approximate surface area is 144 Å². The smallest absolute Gasteiger partial charge is 0.332 e. The fraction of sp³-hybridized carbons (Fsp3) is 0.188. The number of nitrogens with zero attached hydrogens (tertiary/aromatic N) is 4. The van der Waals surface area contributed by atoms with Crippen molar-refractivity contribution in [2.45, 2.75) is 13.5 Å². The van der Waals surface area contributed by atoms with Crippen LogP contribution in [-0.2, 0) is 13.6 Å². The van der Waals surface area contributed by atoms with E-state index in [1.807, 2.05) is 0 Å². The maximum absolute atomic E-state index is 14.1. The van der Waals surface area contributed by atoms with Crippen molar-refractivity contribution in [1.29, 1.82) is 0 Å². The minimum Gasteiger partial charge on any atom is -0.428 e. The summed E-state index contributed by atoms with van der Waals surface area (Å²) in [5.74, 6) is 0.196. The van der Waals surface area contributed by atoms with E-state index in [0.29, 0.717) is 5.76 Å². The van der Waals surface area contributed by atoms with E-state index < -0.39 is 17.1 Å². The predicted molar refractivity (Wildman–Crippen MR) is 89.7 cm³/mol. The fourth-order valence-corrected chi connectivity index (χ4v) is 3.07. The van der Waals surface area contributed by atoms with Crippen molar-refractivity contribution in [3.63, 3.8) is 0 Å². The second-order valence-corrected chi connectivity index (χ2v) is 6.12. The summed E-state index contributed by atoms with van der Waals surface area (Å²) in [6, 6.07) is 4.19. The van der Waals surface area contributed by atoms with Crippen LogP contribution >= 0.6 is 11.6 Å². The first kappa shape index (κ1) is 15.6. The highest BCUT2D eigenvalue weighted by Crippen LogP contribution is 2.20. The minimum absolute atomic E-state index is 0.0758. The van der Waals surface area contributed by atoms with Crippen LogP contribution < -0.4 is 11.2 Å². The molecule has 9 heteroatoms. The van der Waals surface area contributed by atoms with E-state index in [4.69, 9.17) is 16.0 Å². The van der Waals surface area contributed by atoms with E-state index in [9.17, 15) is 14.0 Å². The number of hydrogen-bond donors (Lipinski definition) is 0. The normalized spacial score (nSPS) is 11.7. The summed E-state index contributed by atoms with van der Waals surface area (Å²) < 4.78 is 23.1. The second kappa shape index (κ2) is 5.32. The van der Waals surface area contributed by atoms with Crippen molar-refractivity contribution < 1.29 is 8.81 Å². The summed E-state index contributed by atoms with van der Waals surface area (Å²) in [6.07, 6.45) is 1.61. The molecule has 0 amide bonds. The van der Waals surface area contributed by atoms with E-state index in [1.165, 1.54) is 34.2 Å². The Balaban J connectivity index is 2.05. The van der Waals surface area contributed by atoms with Gasteiger partial charge in [-0.25, -0.2) is 9.18 Å². The molecule has 0 saturated heterocycles. The van der Waals surface area contributed by atoms with Crippen molar-refractivity contribution in [1.82, 2.24) is 18.5 Å². The number of rotatable bonds is 2. The topological polar surface area (TPSA) is 74.4 Å². The van der Waals surface area contributed by atoms with E-state index in [2.05, 4.69) is 4.98 Å². The number of aromatic nitrogens is 4. The molecule has 0 aliphatic carbocycles. The Bertz CT molecular complexity index is 1240. The van der Waals surface area contributed by atoms with Gasteiger partial charge in [-0.05, 0) is 19.1 Å². The summed E-state index contributed by atoms with van der Waals surface area (Å²) in [7, 11) is 1.49. The molecule has 0 aliphatic heterocycles. The number of fused-ring (bicyclic) bond motifs is 3.